The fourth-order valence-corrected chi connectivity index (χ4v) is 1.64. The van der Waals surface area contributed by atoms with Crippen LogP contribution in [0.25, 0.3) is 10.8 Å². The fraction of sp³-hybridized carbons (Fsp3) is 0. The summed E-state index contributed by atoms with van der Waals surface area (Å²) in [4.78, 5) is 0. The number of hydrogen-bond donors (Lipinski definition) is 0. The molecule has 0 unspecified atom stereocenters. The molecular formula is C10H7BO2. The van der Waals surface area contributed by atoms with Gasteiger partial charge in [-0.3, -0.25) is 0 Å². The lowest BCUT2D eigenvalue weighted by Crippen LogP contribution is -1.99. The minimum Gasteiger partial charge on any atom is -0.526 e. The first-order chi connectivity index (χ1) is 6.45. The first-order valence-corrected chi connectivity index (χ1v) is 4.22. The molecule has 0 aromatic heterocycles. The zero-order valence-electron chi connectivity index (χ0n) is 6.99. The van der Waals surface area contributed by atoms with E-state index < -0.39 is 0 Å². The van der Waals surface area contributed by atoms with Crippen LogP contribution in [0.5, 0.6) is 11.5 Å². The first kappa shape index (κ1) is 6.84. The van der Waals surface area contributed by atoms with Crippen molar-refractivity contribution < 1.29 is 9.31 Å². The molecule has 62 valence electrons. The largest absolute Gasteiger partial charge is 0.576 e. The van der Waals surface area contributed by atoms with Gasteiger partial charge in [0.25, 0.3) is 0 Å². The molecule has 0 saturated heterocycles. The fourth-order valence-electron chi connectivity index (χ4n) is 1.64. The summed E-state index contributed by atoms with van der Waals surface area (Å²) in [5, 5.41) is 2.31. The minimum atomic E-state index is 0.337. The molecule has 0 atom stereocenters. The molecule has 2 aromatic carbocycles. The van der Waals surface area contributed by atoms with Gasteiger partial charge in [-0.1, -0.05) is 30.3 Å². The van der Waals surface area contributed by atoms with Crippen LogP contribution in [0.4, 0.5) is 0 Å². The summed E-state index contributed by atoms with van der Waals surface area (Å²) in [7, 11) is 0.337. The normalized spacial score (nSPS) is 12.9. The van der Waals surface area contributed by atoms with E-state index in [2.05, 4.69) is 6.07 Å². The second kappa shape index (κ2) is 2.42. The van der Waals surface area contributed by atoms with Crippen LogP contribution in [0.3, 0.4) is 0 Å². The van der Waals surface area contributed by atoms with Gasteiger partial charge in [-0.05, 0) is 11.5 Å². The van der Waals surface area contributed by atoms with E-state index in [0.29, 0.717) is 7.69 Å². The molecule has 0 N–H and O–H groups in total. The Hall–Kier alpha value is -1.64. The highest BCUT2D eigenvalue weighted by molar-refractivity contribution is 6.24. The maximum Gasteiger partial charge on any atom is 0.576 e. The van der Waals surface area contributed by atoms with E-state index in [0.717, 1.165) is 16.9 Å². The molecule has 3 rings (SSSR count). The third-order valence-corrected chi connectivity index (χ3v) is 2.26. The van der Waals surface area contributed by atoms with Crippen molar-refractivity contribution in [2.45, 2.75) is 0 Å². The molecule has 2 aromatic rings. The van der Waals surface area contributed by atoms with E-state index in [-0.39, 0.29) is 0 Å². The maximum atomic E-state index is 5.39. The predicted octanol–water partition coefficient (Wildman–Crippen LogP) is 1.88. The number of rotatable bonds is 0. The van der Waals surface area contributed by atoms with Gasteiger partial charge in [0.2, 0.25) is 0 Å². The van der Waals surface area contributed by atoms with E-state index in [1.165, 1.54) is 5.39 Å². The molecule has 1 aliphatic rings. The maximum absolute atomic E-state index is 5.39. The van der Waals surface area contributed by atoms with Crippen molar-refractivity contribution in [2.75, 3.05) is 0 Å². The van der Waals surface area contributed by atoms with Gasteiger partial charge in [0, 0.05) is 5.39 Å². The van der Waals surface area contributed by atoms with Gasteiger partial charge < -0.3 is 9.31 Å². The van der Waals surface area contributed by atoms with Gasteiger partial charge in [0.15, 0.2) is 5.75 Å². The van der Waals surface area contributed by atoms with Crippen LogP contribution in [0.1, 0.15) is 0 Å². The Labute approximate surface area is 76.4 Å². The standard InChI is InChI=1S/C10H7BO2/c1-2-4-8-7(3-1)5-6-9-10(8)13-11-12-9/h1-6,11H. The molecule has 3 heteroatoms. The van der Waals surface area contributed by atoms with Crippen molar-refractivity contribution in [3.05, 3.63) is 36.4 Å². The van der Waals surface area contributed by atoms with Gasteiger partial charge in [-0.25, -0.2) is 0 Å². The molecule has 0 fully saturated rings. The Balaban J connectivity index is 2.43. The molecule has 2 nitrogen and oxygen atoms in total. The number of benzene rings is 2. The van der Waals surface area contributed by atoms with E-state index in [1.54, 1.807) is 0 Å². The van der Waals surface area contributed by atoms with Crippen molar-refractivity contribution >= 4 is 18.5 Å². The Morgan fingerprint density at radius 1 is 0.923 bits per heavy atom. The van der Waals surface area contributed by atoms with Crippen LogP contribution in [-0.2, 0) is 0 Å². The molecule has 0 spiro atoms. The third-order valence-electron chi connectivity index (χ3n) is 2.26. The van der Waals surface area contributed by atoms with Crippen LogP contribution >= 0.6 is 0 Å². The van der Waals surface area contributed by atoms with E-state index in [9.17, 15) is 0 Å². The van der Waals surface area contributed by atoms with Crippen LogP contribution in [-0.4, -0.2) is 7.69 Å². The summed E-state index contributed by atoms with van der Waals surface area (Å²) in [5.74, 6) is 1.72. The number of fused-ring (bicyclic) bond motifs is 3. The smallest absolute Gasteiger partial charge is 0.526 e. The summed E-state index contributed by atoms with van der Waals surface area (Å²) in [6.07, 6.45) is 0. The monoisotopic (exact) mass is 170 g/mol. The highest BCUT2D eigenvalue weighted by atomic mass is 16.6. The quantitative estimate of drug-likeness (QED) is 0.562. The molecule has 0 radical (unpaired) electrons. The van der Waals surface area contributed by atoms with Crippen molar-refractivity contribution in [3.8, 4) is 11.5 Å². The summed E-state index contributed by atoms with van der Waals surface area (Å²) >= 11 is 0. The highest BCUT2D eigenvalue weighted by Gasteiger charge is 2.17. The Morgan fingerprint density at radius 3 is 2.85 bits per heavy atom. The topological polar surface area (TPSA) is 18.5 Å². The van der Waals surface area contributed by atoms with E-state index in [1.807, 2.05) is 30.3 Å². The van der Waals surface area contributed by atoms with E-state index in [4.69, 9.17) is 9.31 Å². The first-order valence-electron chi connectivity index (χ1n) is 4.22. The zero-order valence-corrected chi connectivity index (χ0v) is 6.99. The summed E-state index contributed by atoms with van der Waals surface area (Å²) < 4.78 is 10.7. The summed E-state index contributed by atoms with van der Waals surface area (Å²) in [6, 6.07) is 12.1. The molecular weight excluding hydrogens is 163 g/mol. The van der Waals surface area contributed by atoms with Crippen LogP contribution in [0.2, 0.25) is 0 Å². The highest BCUT2D eigenvalue weighted by Crippen LogP contribution is 2.37. The van der Waals surface area contributed by atoms with Crippen LogP contribution in [0, 0.1) is 0 Å². The molecule has 0 amide bonds. The van der Waals surface area contributed by atoms with Gasteiger partial charge in [-0.2, -0.15) is 0 Å². The van der Waals surface area contributed by atoms with Gasteiger partial charge in [0.1, 0.15) is 5.75 Å². The SMILES string of the molecule is B1Oc2ccc3ccccc3c2O1. The van der Waals surface area contributed by atoms with Crippen LogP contribution < -0.4 is 9.31 Å². The van der Waals surface area contributed by atoms with Crippen molar-refractivity contribution in [1.82, 2.24) is 0 Å². The average Bonchev–Trinajstić information content (AvgIpc) is 2.65. The molecule has 0 saturated carbocycles. The third kappa shape index (κ3) is 0.901. The Kier molecular flexibility index (Phi) is 1.27. The lowest BCUT2D eigenvalue weighted by atomic mass is 10.1. The predicted molar refractivity (Wildman–Crippen MR) is 52.4 cm³/mol. The minimum absolute atomic E-state index is 0.337. The van der Waals surface area contributed by atoms with Gasteiger partial charge >= 0.3 is 7.69 Å². The lowest BCUT2D eigenvalue weighted by Gasteiger charge is -2.02. The molecule has 1 heterocycles. The second-order valence-electron chi connectivity index (χ2n) is 3.02. The van der Waals surface area contributed by atoms with Gasteiger partial charge in [-0.15, -0.1) is 0 Å². The number of hydrogen-bond acceptors (Lipinski definition) is 2. The second-order valence-corrected chi connectivity index (χ2v) is 3.02. The Morgan fingerprint density at radius 2 is 1.85 bits per heavy atom. The van der Waals surface area contributed by atoms with Crippen molar-refractivity contribution in [3.63, 3.8) is 0 Å². The zero-order chi connectivity index (χ0) is 8.67. The molecule has 1 aliphatic heterocycles. The molecule has 0 aliphatic carbocycles. The molecule has 0 bridgehead atoms. The lowest BCUT2D eigenvalue weighted by molar-refractivity contribution is 0.543. The van der Waals surface area contributed by atoms with Crippen LogP contribution in [0.15, 0.2) is 36.4 Å². The average molecular weight is 170 g/mol. The van der Waals surface area contributed by atoms with Gasteiger partial charge in [0.05, 0.1) is 0 Å². The Bertz CT molecular complexity index is 467. The van der Waals surface area contributed by atoms with Crippen molar-refractivity contribution in [1.29, 1.82) is 0 Å². The van der Waals surface area contributed by atoms with Crippen molar-refractivity contribution in [2.24, 2.45) is 0 Å². The summed E-state index contributed by atoms with van der Waals surface area (Å²) in [5.41, 5.74) is 0. The summed E-state index contributed by atoms with van der Waals surface area (Å²) in [6.45, 7) is 0. The van der Waals surface area contributed by atoms with E-state index >= 15 is 0 Å². The molecule has 13 heavy (non-hydrogen) atoms.